The molecule has 14 heavy (non-hydrogen) atoms. The van der Waals surface area contributed by atoms with Gasteiger partial charge in [0, 0.05) is 29.4 Å². The Bertz CT molecular complexity index is 295. The highest BCUT2D eigenvalue weighted by atomic mass is 35.5. The van der Waals surface area contributed by atoms with Crippen molar-refractivity contribution in [2.45, 2.75) is 31.7 Å². The minimum atomic E-state index is 0.592. The molecule has 3 heteroatoms. The largest absolute Gasteiger partial charge is 0.314 e. The quantitative estimate of drug-likeness (QED) is 0.811. The van der Waals surface area contributed by atoms with Crippen molar-refractivity contribution in [2.24, 2.45) is 0 Å². The van der Waals surface area contributed by atoms with E-state index in [9.17, 15) is 0 Å². The first-order valence-corrected chi connectivity index (χ1v) is 5.56. The average molecular weight is 211 g/mol. The van der Waals surface area contributed by atoms with E-state index in [0.717, 1.165) is 23.7 Å². The van der Waals surface area contributed by atoms with Gasteiger partial charge in [-0.25, -0.2) is 0 Å². The van der Waals surface area contributed by atoms with Crippen molar-refractivity contribution in [3.8, 4) is 0 Å². The highest BCUT2D eigenvalue weighted by Gasteiger charge is 2.13. The van der Waals surface area contributed by atoms with Crippen LogP contribution in [0.5, 0.6) is 0 Å². The van der Waals surface area contributed by atoms with Gasteiger partial charge in [-0.3, -0.25) is 4.98 Å². The normalized spacial score (nSPS) is 22.2. The molecule has 0 aromatic carbocycles. The first-order chi connectivity index (χ1) is 6.84. The predicted molar refractivity (Wildman–Crippen MR) is 58.6 cm³/mol. The molecule has 0 aliphatic carbocycles. The van der Waals surface area contributed by atoms with E-state index in [1.807, 2.05) is 12.1 Å². The molecule has 1 aliphatic rings. The molecule has 0 amide bonds. The highest BCUT2D eigenvalue weighted by Crippen LogP contribution is 2.14. The molecule has 1 unspecified atom stereocenters. The predicted octanol–water partition coefficient (Wildman–Crippen LogP) is 2.42. The van der Waals surface area contributed by atoms with Crippen LogP contribution in [-0.4, -0.2) is 17.6 Å². The molecule has 0 bridgehead atoms. The third-order valence-corrected chi connectivity index (χ3v) is 2.88. The molecule has 1 aromatic rings. The number of nitrogens with zero attached hydrogens (tertiary/aromatic N) is 1. The Morgan fingerprint density at radius 1 is 1.50 bits per heavy atom. The van der Waals surface area contributed by atoms with Crippen molar-refractivity contribution in [2.75, 3.05) is 6.54 Å². The number of hydrogen-bond acceptors (Lipinski definition) is 2. The van der Waals surface area contributed by atoms with Crippen LogP contribution in [0.4, 0.5) is 0 Å². The lowest BCUT2D eigenvalue weighted by atomic mass is 10.0. The van der Waals surface area contributed by atoms with Gasteiger partial charge in [0.25, 0.3) is 0 Å². The molecule has 1 fully saturated rings. The van der Waals surface area contributed by atoms with E-state index in [1.165, 1.54) is 19.3 Å². The fourth-order valence-electron chi connectivity index (χ4n) is 1.91. The first kappa shape index (κ1) is 9.94. The minimum Gasteiger partial charge on any atom is -0.314 e. The summed E-state index contributed by atoms with van der Waals surface area (Å²) in [6.45, 7) is 1.14. The molecule has 1 N–H and O–H groups in total. The molecule has 2 heterocycles. The molecule has 1 atom stereocenters. The summed E-state index contributed by atoms with van der Waals surface area (Å²) in [5.41, 5.74) is 1.09. The number of hydrogen-bond donors (Lipinski definition) is 1. The summed E-state index contributed by atoms with van der Waals surface area (Å²) in [6, 6.07) is 4.37. The second kappa shape index (κ2) is 4.76. The smallest absolute Gasteiger partial charge is 0.0439 e. The lowest BCUT2D eigenvalue weighted by molar-refractivity contribution is 0.397. The summed E-state index contributed by atoms with van der Waals surface area (Å²) in [6.07, 6.45) is 6.67. The van der Waals surface area contributed by atoms with E-state index in [2.05, 4.69) is 10.3 Å². The maximum Gasteiger partial charge on any atom is 0.0439 e. The van der Waals surface area contributed by atoms with Crippen molar-refractivity contribution >= 4 is 11.6 Å². The third kappa shape index (κ3) is 2.69. The third-order valence-electron chi connectivity index (χ3n) is 2.65. The monoisotopic (exact) mass is 210 g/mol. The second-order valence-electron chi connectivity index (χ2n) is 3.82. The number of aromatic nitrogens is 1. The molecule has 76 valence electrons. The molecule has 2 nitrogen and oxygen atoms in total. The van der Waals surface area contributed by atoms with Gasteiger partial charge in [0.1, 0.15) is 0 Å². The Morgan fingerprint density at radius 3 is 3.14 bits per heavy atom. The van der Waals surface area contributed by atoms with Crippen LogP contribution >= 0.6 is 11.6 Å². The lowest BCUT2D eigenvalue weighted by Crippen LogP contribution is -2.35. The van der Waals surface area contributed by atoms with Crippen molar-refractivity contribution in [3.63, 3.8) is 0 Å². The van der Waals surface area contributed by atoms with Crippen LogP contribution in [-0.2, 0) is 6.42 Å². The Balaban J connectivity index is 1.95. The Hall–Kier alpha value is -0.600. The van der Waals surface area contributed by atoms with Crippen molar-refractivity contribution in [3.05, 3.63) is 29.0 Å². The maximum atomic E-state index is 5.90. The zero-order valence-electron chi connectivity index (χ0n) is 8.17. The molecule has 0 spiro atoms. The van der Waals surface area contributed by atoms with Gasteiger partial charge in [0.05, 0.1) is 0 Å². The molecule has 1 aromatic heterocycles. The van der Waals surface area contributed by atoms with Gasteiger partial charge >= 0.3 is 0 Å². The topological polar surface area (TPSA) is 24.9 Å². The maximum absolute atomic E-state index is 5.90. The number of rotatable bonds is 2. The van der Waals surface area contributed by atoms with E-state index in [1.54, 1.807) is 6.20 Å². The summed E-state index contributed by atoms with van der Waals surface area (Å²) in [7, 11) is 0. The Kier molecular flexibility index (Phi) is 3.38. The zero-order chi connectivity index (χ0) is 9.80. The van der Waals surface area contributed by atoms with Crippen molar-refractivity contribution < 1.29 is 0 Å². The molecule has 2 rings (SSSR count). The Morgan fingerprint density at radius 2 is 2.43 bits per heavy atom. The SMILES string of the molecule is Clc1ccnc(CC2CCCCN2)c1. The second-order valence-corrected chi connectivity index (χ2v) is 4.25. The van der Waals surface area contributed by atoms with Crippen LogP contribution in [0.15, 0.2) is 18.3 Å². The average Bonchev–Trinajstić information content (AvgIpc) is 2.19. The van der Waals surface area contributed by atoms with Gasteiger partial charge in [0.2, 0.25) is 0 Å². The fraction of sp³-hybridized carbons (Fsp3) is 0.545. The molecular weight excluding hydrogens is 196 g/mol. The van der Waals surface area contributed by atoms with E-state index in [4.69, 9.17) is 11.6 Å². The summed E-state index contributed by atoms with van der Waals surface area (Å²) < 4.78 is 0. The van der Waals surface area contributed by atoms with Gasteiger partial charge in [-0.2, -0.15) is 0 Å². The minimum absolute atomic E-state index is 0.592. The van der Waals surface area contributed by atoms with Crippen molar-refractivity contribution in [1.82, 2.24) is 10.3 Å². The summed E-state index contributed by atoms with van der Waals surface area (Å²) in [5, 5.41) is 4.29. The molecule has 0 radical (unpaired) electrons. The van der Waals surface area contributed by atoms with Crippen LogP contribution in [0.25, 0.3) is 0 Å². The summed E-state index contributed by atoms with van der Waals surface area (Å²) in [4.78, 5) is 4.31. The van der Waals surface area contributed by atoms with E-state index in [-0.39, 0.29) is 0 Å². The highest BCUT2D eigenvalue weighted by molar-refractivity contribution is 6.30. The summed E-state index contributed by atoms with van der Waals surface area (Å²) in [5.74, 6) is 0. The number of piperidine rings is 1. The molecule has 1 saturated heterocycles. The first-order valence-electron chi connectivity index (χ1n) is 5.18. The van der Waals surface area contributed by atoms with Crippen LogP contribution in [0.2, 0.25) is 5.02 Å². The van der Waals surface area contributed by atoms with E-state index in [0.29, 0.717) is 6.04 Å². The Labute approximate surface area is 89.7 Å². The van der Waals surface area contributed by atoms with Gasteiger partial charge in [-0.05, 0) is 31.5 Å². The molecule has 0 saturated carbocycles. The standard InChI is InChI=1S/C11H15ClN2/c12-9-4-6-14-11(7-9)8-10-3-1-2-5-13-10/h4,6-7,10,13H,1-3,5,8H2. The molecule has 1 aliphatic heterocycles. The fourth-order valence-corrected chi connectivity index (χ4v) is 2.09. The van der Waals surface area contributed by atoms with Crippen molar-refractivity contribution in [1.29, 1.82) is 0 Å². The van der Waals surface area contributed by atoms with Gasteiger partial charge in [-0.1, -0.05) is 18.0 Å². The summed E-state index contributed by atoms with van der Waals surface area (Å²) >= 11 is 5.90. The van der Waals surface area contributed by atoms with Crippen LogP contribution in [0.1, 0.15) is 25.0 Å². The van der Waals surface area contributed by atoms with E-state index < -0.39 is 0 Å². The van der Waals surface area contributed by atoms with Gasteiger partial charge < -0.3 is 5.32 Å². The van der Waals surface area contributed by atoms with Gasteiger partial charge in [0.15, 0.2) is 0 Å². The van der Waals surface area contributed by atoms with Crippen LogP contribution in [0.3, 0.4) is 0 Å². The number of pyridine rings is 1. The van der Waals surface area contributed by atoms with E-state index >= 15 is 0 Å². The van der Waals surface area contributed by atoms with Crippen LogP contribution < -0.4 is 5.32 Å². The zero-order valence-corrected chi connectivity index (χ0v) is 8.93. The lowest BCUT2D eigenvalue weighted by Gasteiger charge is -2.22. The molecular formula is C11H15ClN2. The van der Waals surface area contributed by atoms with Gasteiger partial charge in [-0.15, -0.1) is 0 Å². The number of halogens is 1. The van der Waals surface area contributed by atoms with Crippen LogP contribution in [0, 0.1) is 0 Å². The number of nitrogens with one attached hydrogen (secondary N) is 1.